The topological polar surface area (TPSA) is 26.3 Å². The maximum atomic E-state index is 11.1. The second kappa shape index (κ2) is 5.62. The predicted octanol–water partition coefficient (Wildman–Crippen LogP) is 3.06. The lowest BCUT2D eigenvalue weighted by Crippen LogP contribution is -2.06. The highest BCUT2D eigenvalue weighted by molar-refractivity contribution is 14.1. The summed E-state index contributed by atoms with van der Waals surface area (Å²) in [6, 6.07) is 0. The molecule has 0 unspecified atom stereocenters. The highest BCUT2D eigenvalue weighted by Crippen LogP contribution is 2.27. The Kier molecular flexibility index (Phi) is 4.77. The van der Waals surface area contributed by atoms with Gasteiger partial charge in [0.1, 0.15) is 0 Å². The molecule has 0 aromatic rings. The van der Waals surface area contributed by atoms with Crippen LogP contribution in [0.5, 0.6) is 0 Å². The summed E-state index contributed by atoms with van der Waals surface area (Å²) in [5.74, 6) is 0.394. The fourth-order valence-electron chi connectivity index (χ4n) is 1.67. The minimum atomic E-state index is -0.203. The molecule has 0 aromatic heterocycles. The van der Waals surface area contributed by atoms with Gasteiger partial charge in [0.05, 0.1) is 10.7 Å². The second-order valence-electron chi connectivity index (χ2n) is 3.40. The van der Waals surface area contributed by atoms with Crippen molar-refractivity contribution in [1.29, 1.82) is 0 Å². The summed E-state index contributed by atoms with van der Waals surface area (Å²) in [5.41, 5.74) is 0. The van der Waals surface area contributed by atoms with Gasteiger partial charge >= 0.3 is 5.97 Å². The average molecular weight is 294 g/mol. The summed E-state index contributed by atoms with van der Waals surface area (Å²) >= 11 is 2.06. The van der Waals surface area contributed by atoms with Gasteiger partial charge in [0.25, 0.3) is 0 Å². The summed E-state index contributed by atoms with van der Waals surface area (Å²) in [4.78, 5) is 11.1. The largest absolute Gasteiger partial charge is 0.465 e. The van der Waals surface area contributed by atoms with Crippen molar-refractivity contribution in [2.24, 2.45) is 5.92 Å². The van der Waals surface area contributed by atoms with E-state index in [9.17, 15) is 4.79 Å². The van der Waals surface area contributed by atoms with Crippen LogP contribution in [0.4, 0.5) is 0 Å². The second-order valence-corrected chi connectivity index (χ2v) is 4.57. The molecule has 0 radical (unpaired) electrons. The summed E-state index contributed by atoms with van der Waals surface area (Å²) in [5, 5.41) is 0. The van der Waals surface area contributed by atoms with Crippen LogP contribution in [0.25, 0.3) is 0 Å². The number of hydrogen-bond acceptors (Lipinski definition) is 2. The van der Waals surface area contributed by atoms with Crippen LogP contribution in [-0.4, -0.2) is 13.1 Å². The molecule has 0 bridgehead atoms. The van der Waals surface area contributed by atoms with Crippen molar-refractivity contribution in [1.82, 2.24) is 0 Å². The summed E-state index contributed by atoms with van der Waals surface area (Å²) in [6.07, 6.45) is 8.45. The number of ether oxygens (including phenoxy) is 1. The van der Waals surface area contributed by atoms with E-state index in [1.807, 2.05) is 0 Å². The first-order valence-corrected chi connectivity index (χ1v) is 5.77. The molecule has 1 fully saturated rings. The highest BCUT2D eigenvalue weighted by atomic mass is 127. The van der Waals surface area contributed by atoms with Crippen molar-refractivity contribution in [2.45, 2.75) is 32.1 Å². The molecule has 0 spiro atoms. The van der Waals surface area contributed by atoms with E-state index in [1.165, 1.54) is 39.2 Å². The van der Waals surface area contributed by atoms with Crippen molar-refractivity contribution in [3.05, 3.63) is 9.66 Å². The minimum absolute atomic E-state index is 0.203. The summed E-state index contributed by atoms with van der Waals surface area (Å²) in [6.45, 7) is 0. The van der Waals surface area contributed by atoms with Gasteiger partial charge in [-0.3, -0.25) is 0 Å². The molecule has 0 saturated heterocycles. The fourth-order valence-corrected chi connectivity index (χ4v) is 2.40. The first-order valence-electron chi connectivity index (χ1n) is 4.69. The molecular formula is C10H15IO2. The molecular weight excluding hydrogens is 279 g/mol. The molecule has 0 amide bonds. The third-order valence-electron chi connectivity index (χ3n) is 2.41. The lowest BCUT2D eigenvalue weighted by molar-refractivity contribution is -0.135. The molecule has 74 valence electrons. The maximum Gasteiger partial charge on any atom is 0.343 e. The molecule has 0 aliphatic heterocycles. The predicted molar refractivity (Wildman–Crippen MR) is 60.7 cm³/mol. The first kappa shape index (κ1) is 11.0. The van der Waals surface area contributed by atoms with Crippen LogP contribution in [0.1, 0.15) is 32.1 Å². The van der Waals surface area contributed by atoms with E-state index in [0.717, 1.165) is 3.58 Å². The number of carbonyl (C=O) groups excluding carboxylic acids is 1. The molecule has 0 aromatic carbocycles. The molecule has 1 aliphatic carbocycles. The van der Waals surface area contributed by atoms with E-state index in [0.29, 0.717) is 5.92 Å². The number of esters is 1. The SMILES string of the molecule is COC(=O)/C(I)=C\C1CCCCC1. The Morgan fingerprint density at radius 1 is 1.38 bits per heavy atom. The Morgan fingerprint density at radius 2 is 2.00 bits per heavy atom. The summed E-state index contributed by atoms with van der Waals surface area (Å²) in [7, 11) is 1.43. The van der Waals surface area contributed by atoms with E-state index in [2.05, 4.69) is 33.4 Å². The van der Waals surface area contributed by atoms with Crippen LogP contribution < -0.4 is 0 Å². The van der Waals surface area contributed by atoms with Crippen LogP contribution in [0.3, 0.4) is 0 Å². The van der Waals surface area contributed by atoms with Gasteiger partial charge in [-0.25, -0.2) is 4.79 Å². The van der Waals surface area contributed by atoms with Gasteiger partial charge in [-0.15, -0.1) is 0 Å². The Balaban J connectivity index is 2.47. The lowest BCUT2D eigenvalue weighted by atomic mass is 9.89. The zero-order chi connectivity index (χ0) is 9.68. The quantitative estimate of drug-likeness (QED) is 0.444. The Morgan fingerprint density at radius 3 is 2.54 bits per heavy atom. The van der Waals surface area contributed by atoms with Gasteiger partial charge in [0, 0.05) is 0 Å². The molecule has 3 heteroatoms. The third kappa shape index (κ3) is 3.67. The number of allylic oxidation sites excluding steroid dienone is 1. The number of hydrogen-bond donors (Lipinski definition) is 0. The van der Waals surface area contributed by atoms with Crippen LogP contribution in [0.15, 0.2) is 9.66 Å². The van der Waals surface area contributed by atoms with Gasteiger partial charge in [-0.05, 0) is 41.4 Å². The van der Waals surface area contributed by atoms with E-state index in [-0.39, 0.29) is 5.97 Å². The molecule has 0 N–H and O–H groups in total. The molecule has 0 atom stereocenters. The summed E-state index contributed by atoms with van der Waals surface area (Å²) < 4.78 is 5.37. The minimum Gasteiger partial charge on any atom is -0.465 e. The zero-order valence-corrected chi connectivity index (χ0v) is 10.0. The monoisotopic (exact) mass is 294 g/mol. The normalized spacial score (nSPS) is 20.0. The third-order valence-corrected chi connectivity index (χ3v) is 3.21. The van der Waals surface area contributed by atoms with Gasteiger partial charge in [-0.2, -0.15) is 0 Å². The lowest BCUT2D eigenvalue weighted by Gasteiger charge is -2.18. The number of methoxy groups -OCH3 is 1. The standard InChI is InChI=1S/C10H15IO2/c1-13-10(12)9(11)7-8-5-3-2-4-6-8/h7-8H,2-6H2,1H3/b9-7+. The van der Waals surface area contributed by atoms with E-state index < -0.39 is 0 Å². The van der Waals surface area contributed by atoms with Crippen molar-refractivity contribution in [2.75, 3.05) is 7.11 Å². The van der Waals surface area contributed by atoms with Crippen molar-refractivity contribution >= 4 is 28.6 Å². The Hall–Kier alpha value is -0.0600. The zero-order valence-electron chi connectivity index (χ0n) is 7.88. The highest BCUT2D eigenvalue weighted by Gasteiger charge is 2.13. The molecule has 1 aliphatic rings. The first-order chi connectivity index (χ1) is 6.24. The molecule has 1 rings (SSSR count). The van der Waals surface area contributed by atoms with E-state index in [1.54, 1.807) is 0 Å². The van der Waals surface area contributed by atoms with E-state index >= 15 is 0 Å². The van der Waals surface area contributed by atoms with Crippen molar-refractivity contribution < 1.29 is 9.53 Å². The van der Waals surface area contributed by atoms with Gasteiger partial charge in [0.15, 0.2) is 0 Å². The average Bonchev–Trinajstić information content (AvgIpc) is 2.18. The van der Waals surface area contributed by atoms with E-state index in [4.69, 9.17) is 0 Å². The van der Waals surface area contributed by atoms with Crippen LogP contribution in [0.2, 0.25) is 0 Å². The Labute approximate surface area is 92.9 Å². The van der Waals surface area contributed by atoms with Crippen LogP contribution >= 0.6 is 22.6 Å². The van der Waals surface area contributed by atoms with Gasteiger partial charge in [-0.1, -0.05) is 25.3 Å². The molecule has 13 heavy (non-hydrogen) atoms. The molecule has 2 nitrogen and oxygen atoms in total. The van der Waals surface area contributed by atoms with Crippen molar-refractivity contribution in [3.8, 4) is 0 Å². The van der Waals surface area contributed by atoms with Gasteiger partial charge < -0.3 is 4.74 Å². The Bertz CT molecular complexity index is 205. The van der Waals surface area contributed by atoms with Crippen LogP contribution in [0, 0.1) is 5.92 Å². The van der Waals surface area contributed by atoms with Crippen molar-refractivity contribution in [3.63, 3.8) is 0 Å². The number of carbonyl (C=O) groups is 1. The fraction of sp³-hybridized carbons (Fsp3) is 0.700. The number of rotatable bonds is 2. The maximum absolute atomic E-state index is 11.1. The number of halogens is 1. The molecule has 0 heterocycles. The van der Waals surface area contributed by atoms with Crippen LogP contribution in [-0.2, 0) is 9.53 Å². The smallest absolute Gasteiger partial charge is 0.343 e. The van der Waals surface area contributed by atoms with Gasteiger partial charge in [0.2, 0.25) is 0 Å². The molecule has 1 saturated carbocycles.